The predicted molar refractivity (Wildman–Crippen MR) is 98.5 cm³/mol. The average Bonchev–Trinajstić information content (AvgIpc) is 2.61. The largest absolute Gasteiger partial charge is 0.351 e. The van der Waals surface area contributed by atoms with E-state index in [9.17, 15) is 22.4 Å². The molecule has 1 amide bonds. The first-order valence-corrected chi connectivity index (χ1v) is 9.95. The van der Waals surface area contributed by atoms with Crippen molar-refractivity contribution < 1.29 is 22.4 Å². The Hall–Kier alpha value is -2.54. The summed E-state index contributed by atoms with van der Waals surface area (Å²) in [7, 11) is -3.16. The summed E-state index contributed by atoms with van der Waals surface area (Å²) in [6.45, 7) is 2.95. The monoisotopic (exact) mass is 377 g/mol. The van der Waals surface area contributed by atoms with Crippen LogP contribution >= 0.6 is 0 Å². The number of halogens is 1. The maximum absolute atomic E-state index is 13.6. The number of hydrogen-bond donors (Lipinski definition) is 1. The number of amides is 1. The molecule has 7 heteroatoms. The van der Waals surface area contributed by atoms with Crippen LogP contribution in [0.15, 0.2) is 42.5 Å². The van der Waals surface area contributed by atoms with Gasteiger partial charge in [-0.15, -0.1) is 0 Å². The maximum atomic E-state index is 13.6. The van der Waals surface area contributed by atoms with E-state index < -0.39 is 21.6 Å². The fourth-order valence-corrected chi connectivity index (χ4v) is 3.16. The summed E-state index contributed by atoms with van der Waals surface area (Å²) in [6, 6.07) is 10.3. The molecule has 26 heavy (non-hydrogen) atoms. The summed E-state index contributed by atoms with van der Waals surface area (Å²) < 4.78 is 36.6. The molecule has 0 saturated heterocycles. The van der Waals surface area contributed by atoms with Gasteiger partial charge in [0.25, 0.3) is 5.91 Å². The SMILES string of the molecule is CCS(=O)(=O)CCNC(=O)c1cccc(-c2cc(F)ccc2C(C)=O)c1. The van der Waals surface area contributed by atoms with Crippen LogP contribution in [-0.2, 0) is 9.84 Å². The lowest BCUT2D eigenvalue weighted by Crippen LogP contribution is -2.29. The second-order valence-electron chi connectivity index (χ2n) is 5.82. The van der Waals surface area contributed by atoms with Gasteiger partial charge in [0.05, 0.1) is 5.75 Å². The average molecular weight is 377 g/mol. The quantitative estimate of drug-likeness (QED) is 0.753. The Morgan fingerprint density at radius 1 is 1.12 bits per heavy atom. The summed E-state index contributed by atoms with van der Waals surface area (Å²) in [6.07, 6.45) is 0. The van der Waals surface area contributed by atoms with Crippen molar-refractivity contribution in [2.24, 2.45) is 0 Å². The fourth-order valence-electron chi connectivity index (χ4n) is 2.46. The summed E-state index contributed by atoms with van der Waals surface area (Å²) in [5, 5.41) is 2.56. The van der Waals surface area contributed by atoms with E-state index in [4.69, 9.17) is 0 Å². The van der Waals surface area contributed by atoms with Gasteiger partial charge in [0, 0.05) is 23.4 Å². The van der Waals surface area contributed by atoms with E-state index in [2.05, 4.69) is 5.32 Å². The molecule has 0 fully saturated rings. The fraction of sp³-hybridized carbons (Fsp3) is 0.263. The van der Waals surface area contributed by atoms with Crippen molar-refractivity contribution in [3.63, 3.8) is 0 Å². The molecule has 2 aromatic carbocycles. The molecule has 2 aromatic rings. The van der Waals surface area contributed by atoms with Crippen LogP contribution < -0.4 is 5.32 Å². The Labute approximate surface area is 152 Å². The molecule has 0 aromatic heterocycles. The first kappa shape index (κ1) is 19.8. The standard InChI is InChI=1S/C19H20FNO4S/c1-3-26(24,25)10-9-21-19(23)15-6-4-5-14(11-15)18-12-16(20)7-8-17(18)13(2)22/h4-8,11-12H,3,9-10H2,1-2H3,(H,21,23). The normalized spacial score (nSPS) is 11.2. The predicted octanol–water partition coefficient (Wildman–Crippen LogP) is 2.86. The Morgan fingerprint density at radius 3 is 2.50 bits per heavy atom. The molecule has 0 aliphatic rings. The van der Waals surface area contributed by atoms with Crippen LogP contribution in [0.2, 0.25) is 0 Å². The lowest BCUT2D eigenvalue weighted by Gasteiger charge is -2.10. The zero-order valence-electron chi connectivity index (χ0n) is 14.6. The Kier molecular flexibility index (Phi) is 6.26. The van der Waals surface area contributed by atoms with E-state index in [1.165, 1.54) is 25.1 Å². The number of carbonyl (C=O) groups excluding carboxylic acids is 2. The highest BCUT2D eigenvalue weighted by atomic mass is 32.2. The van der Waals surface area contributed by atoms with Crippen LogP contribution in [-0.4, -0.2) is 38.2 Å². The number of ketones is 1. The minimum Gasteiger partial charge on any atom is -0.351 e. The van der Waals surface area contributed by atoms with Crippen LogP contribution in [0.1, 0.15) is 34.6 Å². The molecular formula is C19H20FNO4S. The van der Waals surface area contributed by atoms with Crippen molar-refractivity contribution in [3.05, 3.63) is 59.4 Å². The van der Waals surface area contributed by atoms with Gasteiger partial charge in [-0.3, -0.25) is 9.59 Å². The van der Waals surface area contributed by atoms with Crippen LogP contribution in [0.4, 0.5) is 4.39 Å². The van der Waals surface area contributed by atoms with E-state index >= 15 is 0 Å². The second-order valence-corrected chi connectivity index (χ2v) is 8.29. The summed E-state index contributed by atoms with van der Waals surface area (Å²) in [5.74, 6) is -1.23. The summed E-state index contributed by atoms with van der Waals surface area (Å²) in [4.78, 5) is 24.0. The van der Waals surface area contributed by atoms with E-state index in [1.807, 2.05) is 0 Å². The molecule has 138 valence electrons. The topological polar surface area (TPSA) is 80.3 Å². The minimum atomic E-state index is -3.16. The summed E-state index contributed by atoms with van der Waals surface area (Å²) >= 11 is 0. The van der Waals surface area contributed by atoms with Gasteiger partial charge in [-0.05, 0) is 48.4 Å². The van der Waals surface area contributed by atoms with E-state index in [1.54, 1.807) is 31.2 Å². The van der Waals surface area contributed by atoms with Crippen LogP contribution in [0.5, 0.6) is 0 Å². The number of carbonyl (C=O) groups is 2. The molecule has 0 bridgehead atoms. The van der Waals surface area contributed by atoms with Crippen molar-refractivity contribution in [3.8, 4) is 11.1 Å². The molecule has 0 aliphatic heterocycles. The third-order valence-electron chi connectivity index (χ3n) is 3.94. The molecule has 2 rings (SSSR count). The second kappa shape index (κ2) is 8.23. The zero-order chi connectivity index (χ0) is 19.3. The van der Waals surface area contributed by atoms with Gasteiger partial charge in [-0.1, -0.05) is 19.1 Å². The lowest BCUT2D eigenvalue weighted by molar-refractivity contribution is 0.0955. The Bertz CT molecular complexity index is 938. The molecule has 0 spiro atoms. The minimum absolute atomic E-state index is 0.0118. The molecule has 1 N–H and O–H groups in total. The van der Waals surface area contributed by atoms with Crippen molar-refractivity contribution in [1.82, 2.24) is 5.32 Å². The van der Waals surface area contributed by atoms with Gasteiger partial charge in [0.2, 0.25) is 0 Å². The van der Waals surface area contributed by atoms with Crippen molar-refractivity contribution >= 4 is 21.5 Å². The number of rotatable bonds is 7. The molecular weight excluding hydrogens is 357 g/mol. The smallest absolute Gasteiger partial charge is 0.251 e. The maximum Gasteiger partial charge on any atom is 0.251 e. The first-order valence-electron chi connectivity index (χ1n) is 8.13. The van der Waals surface area contributed by atoms with Crippen LogP contribution in [0, 0.1) is 5.82 Å². The zero-order valence-corrected chi connectivity index (χ0v) is 15.4. The Morgan fingerprint density at radius 2 is 1.85 bits per heavy atom. The third kappa shape index (κ3) is 4.98. The third-order valence-corrected chi connectivity index (χ3v) is 5.64. The molecule has 5 nitrogen and oxygen atoms in total. The first-order chi connectivity index (χ1) is 12.2. The molecule has 0 aliphatic carbocycles. The van der Waals surface area contributed by atoms with Gasteiger partial charge < -0.3 is 5.32 Å². The number of benzene rings is 2. The Balaban J connectivity index is 2.25. The molecule has 0 heterocycles. The van der Waals surface area contributed by atoms with Gasteiger partial charge >= 0.3 is 0 Å². The molecule has 0 saturated carbocycles. The highest BCUT2D eigenvalue weighted by Crippen LogP contribution is 2.26. The van der Waals surface area contributed by atoms with Crippen LogP contribution in [0.25, 0.3) is 11.1 Å². The number of hydrogen-bond acceptors (Lipinski definition) is 4. The highest BCUT2D eigenvalue weighted by Gasteiger charge is 2.14. The molecule has 0 atom stereocenters. The molecule has 0 radical (unpaired) electrons. The van der Waals surface area contributed by atoms with Gasteiger partial charge in [0.15, 0.2) is 15.6 Å². The van der Waals surface area contributed by atoms with Crippen molar-refractivity contribution in [1.29, 1.82) is 0 Å². The van der Waals surface area contributed by atoms with Crippen molar-refractivity contribution in [2.75, 3.05) is 18.1 Å². The van der Waals surface area contributed by atoms with Crippen LogP contribution in [0.3, 0.4) is 0 Å². The number of sulfone groups is 1. The summed E-state index contributed by atoms with van der Waals surface area (Å²) in [5.41, 5.74) is 1.59. The van der Waals surface area contributed by atoms with Crippen molar-refractivity contribution in [2.45, 2.75) is 13.8 Å². The van der Waals surface area contributed by atoms with Gasteiger partial charge in [0.1, 0.15) is 5.82 Å². The van der Waals surface area contributed by atoms with Gasteiger partial charge in [-0.2, -0.15) is 0 Å². The number of nitrogens with one attached hydrogen (secondary N) is 1. The van der Waals surface area contributed by atoms with E-state index in [0.29, 0.717) is 22.3 Å². The lowest BCUT2D eigenvalue weighted by atomic mass is 9.96. The molecule has 0 unspecified atom stereocenters. The highest BCUT2D eigenvalue weighted by molar-refractivity contribution is 7.91. The van der Waals surface area contributed by atoms with Gasteiger partial charge in [-0.25, -0.2) is 12.8 Å². The van der Waals surface area contributed by atoms with E-state index in [0.717, 1.165) is 0 Å². The van der Waals surface area contributed by atoms with E-state index in [-0.39, 0.29) is 23.8 Å². The number of Topliss-reactive ketones (excluding diaryl/α,β-unsaturated/α-hetero) is 1.